The second kappa shape index (κ2) is 5.26. The SMILES string of the molecule is Cc1noc(C)c1S(=O)(=O)Nc1ccc(C(C)O)cc1. The van der Waals surface area contributed by atoms with Gasteiger partial charge in [0, 0.05) is 5.69 Å². The summed E-state index contributed by atoms with van der Waals surface area (Å²) in [6.07, 6.45) is -0.594. The third-order valence-corrected chi connectivity index (χ3v) is 4.51. The van der Waals surface area contributed by atoms with Crippen molar-refractivity contribution >= 4 is 15.7 Å². The van der Waals surface area contributed by atoms with Crippen molar-refractivity contribution in [2.75, 3.05) is 4.72 Å². The number of aliphatic hydroxyl groups is 1. The highest BCUT2D eigenvalue weighted by Gasteiger charge is 2.24. The molecule has 1 aromatic heterocycles. The highest BCUT2D eigenvalue weighted by molar-refractivity contribution is 7.92. The Bertz CT molecular complexity index is 683. The van der Waals surface area contributed by atoms with Crippen LogP contribution in [0.3, 0.4) is 0 Å². The van der Waals surface area contributed by atoms with Gasteiger partial charge >= 0.3 is 0 Å². The largest absolute Gasteiger partial charge is 0.389 e. The maximum absolute atomic E-state index is 12.3. The van der Waals surface area contributed by atoms with Gasteiger partial charge < -0.3 is 9.63 Å². The van der Waals surface area contributed by atoms with Crippen LogP contribution in [0.4, 0.5) is 5.69 Å². The second-order valence-electron chi connectivity index (χ2n) is 4.56. The molecule has 0 saturated carbocycles. The molecular formula is C13H16N2O4S. The monoisotopic (exact) mass is 296 g/mol. The minimum absolute atomic E-state index is 0.0529. The van der Waals surface area contributed by atoms with Gasteiger partial charge in [-0.3, -0.25) is 4.72 Å². The predicted molar refractivity (Wildman–Crippen MR) is 73.9 cm³/mol. The van der Waals surface area contributed by atoms with Gasteiger partial charge in [-0.25, -0.2) is 8.42 Å². The van der Waals surface area contributed by atoms with Gasteiger partial charge in [-0.05, 0) is 38.5 Å². The molecule has 108 valence electrons. The first-order valence-electron chi connectivity index (χ1n) is 6.05. The molecule has 1 aromatic carbocycles. The van der Waals surface area contributed by atoms with Crippen molar-refractivity contribution in [3.8, 4) is 0 Å². The van der Waals surface area contributed by atoms with Crippen LogP contribution in [0.25, 0.3) is 0 Å². The molecule has 0 amide bonds. The Labute approximate surface area is 117 Å². The van der Waals surface area contributed by atoms with Gasteiger partial charge in [0.2, 0.25) is 0 Å². The summed E-state index contributed by atoms with van der Waals surface area (Å²) in [5.74, 6) is 0.246. The summed E-state index contributed by atoms with van der Waals surface area (Å²) in [5, 5.41) is 13.0. The van der Waals surface area contributed by atoms with E-state index in [0.717, 1.165) is 0 Å². The molecule has 0 aliphatic rings. The molecule has 0 saturated heterocycles. The highest BCUT2D eigenvalue weighted by atomic mass is 32.2. The highest BCUT2D eigenvalue weighted by Crippen LogP contribution is 2.23. The van der Waals surface area contributed by atoms with Gasteiger partial charge in [-0.2, -0.15) is 0 Å². The second-order valence-corrected chi connectivity index (χ2v) is 6.18. The lowest BCUT2D eigenvalue weighted by atomic mass is 10.1. The summed E-state index contributed by atoms with van der Waals surface area (Å²) in [7, 11) is -3.73. The topological polar surface area (TPSA) is 92.4 Å². The van der Waals surface area contributed by atoms with Crippen LogP contribution in [0.2, 0.25) is 0 Å². The van der Waals surface area contributed by atoms with E-state index in [-0.39, 0.29) is 10.7 Å². The molecule has 2 N–H and O–H groups in total. The van der Waals surface area contributed by atoms with E-state index in [9.17, 15) is 13.5 Å². The molecule has 7 heteroatoms. The lowest BCUT2D eigenvalue weighted by Crippen LogP contribution is -2.14. The number of nitrogens with one attached hydrogen (secondary N) is 1. The number of nitrogens with zero attached hydrogens (tertiary/aromatic N) is 1. The molecule has 0 radical (unpaired) electrons. The first-order valence-corrected chi connectivity index (χ1v) is 7.53. The fraction of sp³-hybridized carbons (Fsp3) is 0.308. The van der Waals surface area contributed by atoms with Crippen LogP contribution in [0.5, 0.6) is 0 Å². The van der Waals surface area contributed by atoms with Crippen LogP contribution in [-0.4, -0.2) is 18.7 Å². The molecule has 0 bridgehead atoms. The van der Waals surface area contributed by atoms with Crippen molar-refractivity contribution in [2.45, 2.75) is 31.8 Å². The van der Waals surface area contributed by atoms with E-state index < -0.39 is 16.1 Å². The van der Waals surface area contributed by atoms with Crippen molar-refractivity contribution in [1.29, 1.82) is 0 Å². The summed E-state index contributed by atoms with van der Waals surface area (Å²) in [5.41, 5.74) is 1.44. The zero-order chi connectivity index (χ0) is 14.9. The number of anilines is 1. The molecule has 0 aliphatic heterocycles. The molecule has 6 nitrogen and oxygen atoms in total. The minimum atomic E-state index is -3.73. The number of aromatic nitrogens is 1. The van der Waals surface area contributed by atoms with Crippen molar-refractivity contribution in [1.82, 2.24) is 5.16 Å². The Morgan fingerprint density at radius 2 is 1.85 bits per heavy atom. The number of hydrogen-bond donors (Lipinski definition) is 2. The Morgan fingerprint density at radius 3 is 2.30 bits per heavy atom. The lowest BCUT2D eigenvalue weighted by molar-refractivity contribution is 0.199. The van der Waals surface area contributed by atoms with E-state index >= 15 is 0 Å². The summed E-state index contributed by atoms with van der Waals surface area (Å²) in [6.45, 7) is 4.76. The summed E-state index contributed by atoms with van der Waals surface area (Å²) >= 11 is 0. The molecule has 0 spiro atoms. The Morgan fingerprint density at radius 1 is 1.25 bits per heavy atom. The van der Waals surface area contributed by atoms with Gasteiger partial charge in [0.25, 0.3) is 10.0 Å². The van der Waals surface area contributed by atoms with Crippen LogP contribution in [0.1, 0.15) is 30.0 Å². The van der Waals surface area contributed by atoms with E-state index in [0.29, 0.717) is 16.9 Å². The van der Waals surface area contributed by atoms with Gasteiger partial charge in [0.1, 0.15) is 5.69 Å². The van der Waals surface area contributed by atoms with Gasteiger partial charge in [-0.1, -0.05) is 17.3 Å². The molecule has 1 atom stereocenters. The average molecular weight is 296 g/mol. The van der Waals surface area contributed by atoms with Gasteiger partial charge in [-0.15, -0.1) is 0 Å². The van der Waals surface area contributed by atoms with Crippen molar-refractivity contribution < 1.29 is 18.0 Å². The van der Waals surface area contributed by atoms with Crippen LogP contribution >= 0.6 is 0 Å². The fourth-order valence-electron chi connectivity index (χ4n) is 1.89. The fourth-order valence-corrected chi connectivity index (χ4v) is 3.28. The number of aliphatic hydroxyl groups excluding tert-OH is 1. The normalized spacial score (nSPS) is 13.2. The minimum Gasteiger partial charge on any atom is -0.389 e. The zero-order valence-corrected chi connectivity index (χ0v) is 12.2. The number of aryl methyl sites for hydroxylation is 2. The molecule has 1 unspecified atom stereocenters. The Kier molecular flexibility index (Phi) is 3.82. The predicted octanol–water partition coefficient (Wildman–Crippen LogP) is 2.15. The Balaban J connectivity index is 2.29. The average Bonchev–Trinajstić information content (AvgIpc) is 2.69. The quantitative estimate of drug-likeness (QED) is 0.901. The zero-order valence-electron chi connectivity index (χ0n) is 11.4. The molecule has 20 heavy (non-hydrogen) atoms. The first kappa shape index (κ1) is 14.5. The van der Waals surface area contributed by atoms with E-state index in [1.54, 1.807) is 45.0 Å². The smallest absolute Gasteiger partial charge is 0.267 e. The van der Waals surface area contributed by atoms with E-state index in [2.05, 4.69) is 9.88 Å². The van der Waals surface area contributed by atoms with E-state index in [1.807, 2.05) is 0 Å². The van der Waals surface area contributed by atoms with Crippen LogP contribution in [-0.2, 0) is 10.0 Å². The van der Waals surface area contributed by atoms with Crippen molar-refractivity contribution in [2.24, 2.45) is 0 Å². The summed E-state index contributed by atoms with van der Waals surface area (Å²) < 4.78 is 31.9. The number of sulfonamides is 1. The standard InChI is InChI=1S/C13H16N2O4S/c1-8-13(10(3)19-14-8)20(17,18)15-12-6-4-11(5-7-12)9(2)16/h4-7,9,15-16H,1-3H3. The van der Waals surface area contributed by atoms with Crippen LogP contribution in [0, 0.1) is 13.8 Å². The van der Waals surface area contributed by atoms with Crippen molar-refractivity contribution in [3.05, 3.63) is 41.3 Å². The van der Waals surface area contributed by atoms with E-state index in [1.165, 1.54) is 0 Å². The number of benzene rings is 1. The van der Waals surface area contributed by atoms with Gasteiger partial charge in [0.15, 0.2) is 10.7 Å². The van der Waals surface area contributed by atoms with E-state index in [4.69, 9.17) is 4.52 Å². The molecule has 2 rings (SSSR count). The third-order valence-electron chi connectivity index (χ3n) is 2.88. The third kappa shape index (κ3) is 2.83. The van der Waals surface area contributed by atoms with Crippen molar-refractivity contribution in [3.63, 3.8) is 0 Å². The molecule has 1 heterocycles. The molecule has 2 aromatic rings. The van der Waals surface area contributed by atoms with Crippen LogP contribution < -0.4 is 4.72 Å². The van der Waals surface area contributed by atoms with Crippen LogP contribution in [0.15, 0.2) is 33.7 Å². The maximum Gasteiger partial charge on any atom is 0.267 e. The number of rotatable bonds is 4. The number of hydrogen-bond acceptors (Lipinski definition) is 5. The molecule has 0 aliphatic carbocycles. The summed E-state index contributed by atoms with van der Waals surface area (Å²) in [4.78, 5) is 0.0529. The molecule has 0 fully saturated rings. The first-order chi connectivity index (χ1) is 9.31. The molecular weight excluding hydrogens is 280 g/mol. The Hall–Kier alpha value is -1.86. The lowest BCUT2D eigenvalue weighted by Gasteiger charge is -2.09. The maximum atomic E-state index is 12.3. The summed E-state index contributed by atoms with van der Waals surface area (Å²) in [6, 6.07) is 6.52. The van der Waals surface area contributed by atoms with Gasteiger partial charge in [0.05, 0.1) is 6.10 Å².